The Morgan fingerprint density at radius 2 is 1.52 bits per heavy atom. The van der Waals surface area contributed by atoms with Crippen molar-refractivity contribution in [1.29, 1.82) is 0 Å². The van der Waals surface area contributed by atoms with E-state index in [1.807, 2.05) is 36.4 Å². The van der Waals surface area contributed by atoms with Crippen molar-refractivity contribution in [1.82, 2.24) is 5.43 Å². The summed E-state index contributed by atoms with van der Waals surface area (Å²) in [5, 5.41) is 4.07. The molecule has 2 aromatic rings. The lowest BCUT2D eigenvalue weighted by molar-refractivity contribution is -0.122. The fourth-order valence-electron chi connectivity index (χ4n) is 3.48. The molecule has 0 spiro atoms. The van der Waals surface area contributed by atoms with Crippen LogP contribution >= 0.6 is 0 Å². The first-order valence-corrected chi connectivity index (χ1v) is 8.47. The molecule has 0 bridgehead atoms. The quantitative estimate of drug-likeness (QED) is 0.649. The van der Waals surface area contributed by atoms with Gasteiger partial charge in [-0.2, -0.15) is 5.10 Å². The molecule has 1 aliphatic rings. The predicted octanol–water partition coefficient (Wildman–Crippen LogP) is 3.46. The highest BCUT2D eigenvalue weighted by molar-refractivity contribution is 6.00. The molecule has 0 saturated heterocycles. The summed E-state index contributed by atoms with van der Waals surface area (Å²) in [6, 6.07) is 20.3. The van der Waals surface area contributed by atoms with Gasteiger partial charge in [-0.1, -0.05) is 60.7 Å². The molecule has 1 atom stereocenters. The summed E-state index contributed by atoms with van der Waals surface area (Å²) in [4.78, 5) is 23.8. The van der Waals surface area contributed by atoms with Crippen LogP contribution in [0.4, 0.5) is 0 Å². The zero-order chi connectivity index (χ0) is 17.9. The average Bonchev–Trinajstić information content (AvgIpc) is 3.38. The second-order valence-corrected chi connectivity index (χ2v) is 6.66. The Labute approximate surface area is 148 Å². The second-order valence-electron chi connectivity index (χ2n) is 6.66. The molecule has 2 aromatic carbocycles. The van der Waals surface area contributed by atoms with E-state index in [1.165, 1.54) is 6.92 Å². The Morgan fingerprint density at radius 3 is 2.00 bits per heavy atom. The summed E-state index contributed by atoms with van der Waals surface area (Å²) >= 11 is 0. The van der Waals surface area contributed by atoms with Crippen LogP contribution in [0.5, 0.6) is 0 Å². The normalized spacial score (nSPS) is 18.5. The summed E-state index contributed by atoms with van der Waals surface area (Å²) in [7, 11) is 0. The Hall–Kier alpha value is -2.75. The van der Waals surface area contributed by atoms with Crippen molar-refractivity contribution in [3.8, 4) is 0 Å². The minimum atomic E-state index is -0.295. The SMILES string of the molecule is CC(=O)C/C(C)=N\NC(=O)[C@@H]1CC1(c1ccccc1)c1ccccc1. The van der Waals surface area contributed by atoms with Gasteiger partial charge in [-0.25, -0.2) is 5.43 Å². The van der Waals surface area contributed by atoms with E-state index >= 15 is 0 Å². The molecule has 3 rings (SSSR count). The van der Waals surface area contributed by atoms with Crippen LogP contribution in [0, 0.1) is 5.92 Å². The number of Topliss-reactive ketones (excluding diaryl/α,β-unsaturated/α-hetero) is 1. The molecule has 1 fully saturated rings. The molecular formula is C21H22N2O2. The fourth-order valence-corrected chi connectivity index (χ4v) is 3.48. The molecule has 4 heteroatoms. The van der Waals surface area contributed by atoms with Gasteiger partial charge in [-0.05, 0) is 31.4 Å². The van der Waals surface area contributed by atoms with E-state index in [-0.39, 0.29) is 29.4 Å². The number of hydrogen-bond donors (Lipinski definition) is 1. The van der Waals surface area contributed by atoms with Crippen molar-refractivity contribution in [2.75, 3.05) is 0 Å². The molecule has 1 aliphatic carbocycles. The zero-order valence-corrected chi connectivity index (χ0v) is 14.5. The third kappa shape index (κ3) is 3.53. The minimum Gasteiger partial charge on any atom is -0.300 e. The average molecular weight is 334 g/mol. The number of nitrogens with zero attached hydrogens (tertiary/aromatic N) is 1. The molecule has 0 heterocycles. The summed E-state index contributed by atoms with van der Waals surface area (Å²) in [5.41, 5.74) is 5.25. The number of hydrogen-bond acceptors (Lipinski definition) is 3. The van der Waals surface area contributed by atoms with Gasteiger partial charge in [-0.15, -0.1) is 0 Å². The van der Waals surface area contributed by atoms with E-state index in [1.54, 1.807) is 6.92 Å². The van der Waals surface area contributed by atoms with Crippen molar-refractivity contribution >= 4 is 17.4 Å². The molecule has 0 aromatic heterocycles. The van der Waals surface area contributed by atoms with Gasteiger partial charge in [0.15, 0.2) is 0 Å². The van der Waals surface area contributed by atoms with Crippen LogP contribution in [-0.2, 0) is 15.0 Å². The Morgan fingerprint density at radius 1 is 1.00 bits per heavy atom. The molecule has 0 aliphatic heterocycles. The third-order valence-corrected chi connectivity index (χ3v) is 4.72. The first-order valence-electron chi connectivity index (χ1n) is 8.47. The van der Waals surface area contributed by atoms with E-state index < -0.39 is 0 Å². The summed E-state index contributed by atoms with van der Waals surface area (Å²) in [6.07, 6.45) is 1.02. The standard InChI is InChI=1S/C21H22N2O2/c1-15(13-16(2)24)22-23-20(25)19-14-21(19,17-9-5-3-6-10-17)18-11-7-4-8-12-18/h3-12,19H,13-14H2,1-2H3,(H,23,25)/b22-15-/t19-/m0/s1. The largest absolute Gasteiger partial charge is 0.300 e. The highest BCUT2D eigenvalue weighted by Crippen LogP contribution is 2.58. The maximum Gasteiger partial charge on any atom is 0.244 e. The van der Waals surface area contributed by atoms with Crippen LogP contribution in [0.3, 0.4) is 0 Å². The van der Waals surface area contributed by atoms with Gasteiger partial charge >= 0.3 is 0 Å². The summed E-state index contributed by atoms with van der Waals surface area (Å²) in [6.45, 7) is 3.26. The van der Waals surface area contributed by atoms with Crippen molar-refractivity contribution in [3.63, 3.8) is 0 Å². The molecule has 4 nitrogen and oxygen atoms in total. The van der Waals surface area contributed by atoms with E-state index in [4.69, 9.17) is 0 Å². The maximum absolute atomic E-state index is 12.7. The monoisotopic (exact) mass is 334 g/mol. The lowest BCUT2D eigenvalue weighted by Gasteiger charge is -2.18. The number of amides is 1. The number of carbonyl (C=O) groups excluding carboxylic acids is 2. The fraction of sp³-hybridized carbons (Fsp3) is 0.286. The highest BCUT2D eigenvalue weighted by atomic mass is 16.2. The van der Waals surface area contributed by atoms with E-state index in [2.05, 4.69) is 34.8 Å². The van der Waals surface area contributed by atoms with Gasteiger partial charge in [0.05, 0.1) is 5.92 Å². The molecule has 0 radical (unpaired) electrons. The molecule has 128 valence electrons. The first kappa shape index (κ1) is 17.1. The number of benzene rings is 2. The Balaban J connectivity index is 1.83. The van der Waals surface area contributed by atoms with Gasteiger partial charge in [0.2, 0.25) is 5.91 Å². The van der Waals surface area contributed by atoms with E-state index in [0.717, 1.165) is 17.5 Å². The highest BCUT2D eigenvalue weighted by Gasteiger charge is 2.60. The number of carbonyl (C=O) groups is 2. The van der Waals surface area contributed by atoms with Crippen LogP contribution in [0.2, 0.25) is 0 Å². The van der Waals surface area contributed by atoms with Crippen LogP contribution in [-0.4, -0.2) is 17.4 Å². The van der Waals surface area contributed by atoms with Gasteiger partial charge < -0.3 is 0 Å². The second kappa shape index (κ2) is 7.01. The predicted molar refractivity (Wildman–Crippen MR) is 98.3 cm³/mol. The van der Waals surface area contributed by atoms with Gasteiger partial charge in [0.25, 0.3) is 0 Å². The first-order chi connectivity index (χ1) is 12.0. The van der Waals surface area contributed by atoms with E-state index in [9.17, 15) is 9.59 Å². The van der Waals surface area contributed by atoms with E-state index in [0.29, 0.717) is 5.71 Å². The maximum atomic E-state index is 12.7. The van der Waals surface area contributed by atoms with Gasteiger partial charge in [0, 0.05) is 17.5 Å². The molecule has 1 amide bonds. The number of ketones is 1. The molecule has 0 unspecified atom stereocenters. The number of rotatable bonds is 6. The van der Waals surface area contributed by atoms with Crippen molar-refractivity contribution in [2.45, 2.75) is 32.1 Å². The number of hydrazone groups is 1. The Kier molecular flexibility index (Phi) is 4.79. The van der Waals surface area contributed by atoms with Gasteiger partial charge in [0.1, 0.15) is 5.78 Å². The minimum absolute atomic E-state index is 0.0323. The van der Waals surface area contributed by atoms with Crippen LogP contribution < -0.4 is 5.43 Å². The summed E-state index contributed by atoms with van der Waals surface area (Å²) in [5.74, 6) is -0.230. The van der Waals surface area contributed by atoms with Crippen molar-refractivity contribution in [2.24, 2.45) is 11.0 Å². The van der Waals surface area contributed by atoms with Crippen molar-refractivity contribution in [3.05, 3.63) is 71.8 Å². The lowest BCUT2D eigenvalue weighted by Crippen LogP contribution is -2.26. The Bertz CT molecular complexity index is 758. The van der Waals surface area contributed by atoms with Crippen LogP contribution in [0.1, 0.15) is 37.8 Å². The topological polar surface area (TPSA) is 58.5 Å². The summed E-state index contributed by atoms with van der Waals surface area (Å²) < 4.78 is 0. The third-order valence-electron chi connectivity index (χ3n) is 4.72. The molecule has 1 saturated carbocycles. The lowest BCUT2D eigenvalue weighted by atomic mass is 9.85. The van der Waals surface area contributed by atoms with Crippen LogP contribution in [0.15, 0.2) is 65.8 Å². The molecule has 25 heavy (non-hydrogen) atoms. The van der Waals surface area contributed by atoms with Gasteiger partial charge in [-0.3, -0.25) is 9.59 Å². The van der Waals surface area contributed by atoms with Crippen molar-refractivity contribution < 1.29 is 9.59 Å². The smallest absolute Gasteiger partial charge is 0.244 e. The van der Waals surface area contributed by atoms with Crippen LogP contribution in [0.25, 0.3) is 0 Å². The molecule has 1 N–H and O–H groups in total. The zero-order valence-electron chi connectivity index (χ0n) is 14.5. The number of nitrogens with one attached hydrogen (secondary N) is 1. The molecular weight excluding hydrogens is 312 g/mol.